The summed E-state index contributed by atoms with van der Waals surface area (Å²) in [6, 6.07) is 1.40. The van der Waals surface area contributed by atoms with E-state index in [-0.39, 0.29) is 25.6 Å². The smallest absolute Gasteiger partial charge is 0.223 e. The maximum absolute atomic E-state index is 11.8. The first-order valence-corrected chi connectivity index (χ1v) is 7.49. The standard InChI is InChI=1S/C15H26N2O5/c1-3-16(4-6-18)11-13-15(21)14(20)10-12(2)17(13)5-8-22-9-7-19/h10,18-19,21H,3-9,11H2,1-2H3. The summed E-state index contributed by atoms with van der Waals surface area (Å²) in [4.78, 5) is 13.8. The highest BCUT2D eigenvalue weighted by Crippen LogP contribution is 2.17. The minimum Gasteiger partial charge on any atom is -0.503 e. The molecule has 0 radical (unpaired) electrons. The van der Waals surface area contributed by atoms with Crippen LogP contribution in [0.3, 0.4) is 0 Å². The third kappa shape index (κ3) is 5.10. The SMILES string of the molecule is CCN(CCO)Cc1c(O)c(=O)cc(C)n1CCOCCO. The van der Waals surface area contributed by atoms with E-state index in [1.54, 1.807) is 6.92 Å². The number of likely N-dealkylation sites (N-methyl/N-ethyl adjacent to an activating group) is 1. The van der Waals surface area contributed by atoms with E-state index in [1.807, 2.05) is 16.4 Å². The average molecular weight is 314 g/mol. The van der Waals surface area contributed by atoms with E-state index < -0.39 is 5.43 Å². The molecule has 7 nitrogen and oxygen atoms in total. The number of aryl methyl sites for hydroxylation is 1. The van der Waals surface area contributed by atoms with Crippen molar-refractivity contribution in [2.24, 2.45) is 0 Å². The van der Waals surface area contributed by atoms with Gasteiger partial charge >= 0.3 is 0 Å². The van der Waals surface area contributed by atoms with E-state index in [0.717, 1.165) is 5.69 Å². The maximum atomic E-state index is 11.8. The summed E-state index contributed by atoms with van der Waals surface area (Å²) < 4.78 is 7.10. The quantitative estimate of drug-likeness (QED) is 0.513. The fraction of sp³-hybridized carbons (Fsp3) is 0.667. The van der Waals surface area contributed by atoms with Crippen LogP contribution in [0.25, 0.3) is 0 Å². The highest BCUT2D eigenvalue weighted by atomic mass is 16.5. The van der Waals surface area contributed by atoms with E-state index in [4.69, 9.17) is 14.9 Å². The zero-order chi connectivity index (χ0) is 16.5. The molecular weight excluding hydrogens is 288 g/mol. The number of aromatic nitrogens is 1. The number of aromatic hydroxyl groups is 1. The summed E-state index contributed by atoms with van der Waals surface area (Å²) in [6.45, 7) is 6.39. The summed E-state index contributed by atoms with van der Waals surface area (Å²) in [5, 5.41) is 27.9. The van der Waals surface area contributed by atoms with Gasteiger partial charge in [0.2, 0.25) is 5.43 Å². The molecule has 0 atom stereocenters. The van der Waals surface area contributed by atoms with Gasteiger partial charge < -0.3 is 24.6 Å². The van der Waals surface area contributed by atoms with Crippen LogP contribution in [0.2, 0.25) is 0 Å². The largest absolute Gasteiger partial charge is 0.503 e. The predicted molar refractivity (Wildman–Crippen MR) is 83.0 cm³/mol. The van der Waals surface area contributed by atoms with Gasteiger partial charge in [-0.05, 0) is 13.5 Å². The van der Waals surface area contributed by atoms with E-state index in [0.29, 0.717) is 38.5 Å². The van der Waals surface area contributed by atoms with E-state index >= 15 is 0 Å². The highest BCUT2D eigenvalue weighted by Gasteiger charge is 2.15. The molecule has 1 heterocycles. The molecule has 126 valence electrons. The molecule has 0 aliphatic carbocycles. The van der Waals surface area contributed by atoms with Gasteiger partial charge in [-0.25, -0.2) is 0 Å². The van der Waals surface area contributed by atoms with Crippen LogP contribution >= 0.6 is 0 Å². The topological polar surface area (TPSA) is 95.2 Å². The molecule has 0 saturated carbocycles. The number of nitrogens with zero attached hydrogens (tertiary/aromatic N) is 2. The number of pyridine rings is 1. The van der Waals surface area contributed by atoms with E-state index in [2.05, 4.69) is 0 Å². The van der Waals surface area contributed by atoms with Crippen LogP contribution in [0, 0.1) is 6.92 Å². The number of rotatable bonds is 10. The van der Waals surface area contributed by atoms with Crippen LogP contribution in [0.4, 0.5) is 0 Å². The Labute approximate surface area is 130 Å². The lowest BCUT2D eigenvalue weighted by atomic mass is 10.2. The molecule has 22 heavy (non-hydrogen) atoms. The molecule has 7 heteroatoms. The zero-order valence-electron chi connectivity index (χ0n) is 13.3. The Bertz CT molecular complexity index is 515. The minimum absolute atomic E-state index is 0.0181. The summed E-state index contributed by atoms with van der Waals surface area (Å²) in [7, 11) is 0. The van der Waals surface area contributed by atoms with Crippen molar-refractivity contribution >= 4 is 0 Å². The van der Waals surface area contributed by atoms with Crippen molar-refractivity contribution in [1.82, 2.24) is 9.47 Å². The fourth-order valence-electron chi connectivity index (χ4n) is 2.32. The lowest BCUT2D eigenvalue weighted by Crippen LogP contribution is -2.30. The van der Waals surface area contributed by atoms with E-state index in [9.17, 15) is 9.90 Å². The molecular formula is C15H26N2O5. The van der Waals surface area contributed by atoms with Crippen molar-refractivity contribution in [1.29, 1.82) is 0 Å². The minimum atomic E-state index is -0.403. The summed E-state index contributed by atoms with van der Waals surface area (Å²) in [5.41, 5.74) is 0.860. The number of ether oxygens (including phenoxy) is 1. The summed E-state index contributed by atoms with van der Waals surface area (Å²) in [5.74, 6) is -0.260. The fourth-order valence-corrected chi connectivity index (χ4v) is 2.32. The molecule has 1 rings (SSSR count). The van der Waals surface area contributed by atoms with Crippen molar-refractivity contribution in [3.05, 3.63) is 27.7 Å². The van der Waals surface area contributed by atoms with Gasteiger partial charge in [-0.15, -0.1) is 0 Å². The van der Waals surface area contributed by atoms with Crippen LogP contribution in [0.1, 0.15) is 18.3 Å². The predicted octanol–water partition coefficient (Wildman–Crippen LogP) is -0.315. The van der Waals surface area contributed by atoms with Gasteiger partial charge in [0.25, 0.3) is 0 Å². The Kier molecular flexibility index (Phi) is 8.11. The van der Waals surface area contributed by atoms with Gasteiger partial charge in [0, 0.05) is 31.4 Å². The van der Waals surface area contributed by atoms with Gasteiger partial charge in [0.05, 0.1) is 32.1 Å². The van der Waals surface area contributed by atoms with Crippen molar-refractivity contribution in [3.8, 4) is 5.75 Å². The number of hydrogen-bond acceptors (Lipinski definition) is 6. The first kappa shape index (κ1) is 18.6. The lowest BCUT2D eigenvalue weighted by Gasteiger charge is -2.24. The lowest BCUT2D eigenvalue weighted by molar-refractivity contribution is 0.0856. The molecule has 0 amide bonds. The summed E-state index contributed by atoms with van der Waals surface area (Å²) >= 11 is 0. The van der Waals surface area contributed by atoms with Crippen molar-refractivity contribution in [3.63, 3.8) is 0 Å². The second-order valence-corrected chi connectivity index (χ2v) is 5.03. The average Bonchev–Trinajstić information content (AvgIpc) is 2.50. The molecule has 0 spiro atoms. The van der Waals surface area contributed by atoms with E-state index in [1.165, 1.54) is 6.07 Å². The van der Waals surface area contributed by atoms with Gasteiger partial charge in [0.1, 0.15) is 0 Å². The van der Waals surface area contributed by atoms with Gasteiger partial charge in [0.15, 0.2) is 5.75 Å². The Morgan fingerprint density at radius 3 is 2.59 bits per heavy atom. The molecule has 0 unspecified atom stereocenters. The zero-order valence-corrected chi connectivity index (χ0v) is 13.3. The second kappa shape index (κ2) is 9.58. The Morgan fingerprint density at radius 1 is 1.27 bits per heavy atom. The monoisotopic (exact) mass is 314 g/mol. The Hall–Kier alpha value is -1.41. The molecule has 0 aromatic carbocycles. The van der Waals surface area contributed by atoms with Gasteiger partial charge in [-0.1, -0.05) is 6.92 Å². The van der Waals surface area contributed by atoms with Crippen molar-refractivity contribution in [2.45, 2.75) is 26.9 Å². The van der Waals surface area contributed by atoms with Crippen LogP contribution in [0.5, 0.6) is 5.75 Å². The van der Waals surface area contributed by atoms with Crippen LogP contribution in [-0.4, -0.2) is 64.3 Å². The Balaban J connectivity index is 3.02. The maximum Gasteiger partial charge on any atom is 0.223 e. The number of aliphatic hydroxyl groups is 2. The first-order chi connectivity index (χ1) is 10.5. The van der Waals surface area contributed by atoms with Crippen LogP contribution < -0.4 is 5.43 Å². The van der Waals surface area contributed by atoms with Crippen molar-refractivity contribution < 1.29 is 20.1 Å². The van der Waals surface area contributed by atoms with Gasteiger partial charge in [-0.2, -0.15) is 0 Å². The molecule has 0 aliphatic heterocycles. The Morgan fingerprint density at radius 2 is 2.00 bits per heavy atom. The third-order valence-corrected chi connectivity index (χ3v) is 3.53. The molecule has 1 aromatic heterocycles. The molecule has 0 fully saturated rings. The molecule has 0 bridgehead atoms. The molecule has 0 saturated heterocycles. The second-order valence-electron chi connectivity index (χ2n) is 5.03. The molecule has 0 aliphatic rings. The third-order valence-electron chi connectivity index (χ3n) is 3.53. The normalized spacial score (nSPS) is 11.3. The van der Waals surface area contributed by atoms with Crippen LogP contribution in [-0.2, 0) is 17.8 Å². The number of hydrogen-bond donors (Lipinski definition) is 3. The van der Waals surface area contributed by atoms with Crippen LogP contribution in [0.15, 0.2) is 10.9 Å². The first-order valence-electron chi connectivity index (χ1n) is 7.49. The highest BCUT2D eigenvalue weighted by molar-refractivity contribution is 5.29. The number of aliphatic hydroxyl groups excluding tert-OH is 2. The molecule has 1 aromatic rings. The van der Waals surface area contributed by atoms with Gasteiger partial charge in [-0.3, -0.25) is 9.69 Å². The summed E-state index contributed by atoms with van der Waals surface area (Å²) in [6.07, 6.45) is 0. The molecule has 3 N–H and O–H groups in total. The van der Waals surface area contributed by atoms with Crippen molar-refractivity contribution in [2.75, 3.05) is 39.5 Å².